The van der Waals surface area contributed by atoms with Gasteiger partial charge in [0.15, 0.2) is 0 Å². The van der Waals surface area contributed by atoms with Gasteiger partial charge in [0.05, 0.1) is 0 Å². The number of nitrogens with one attached hydrogen (secondary N) is 2. The lowest BCUT2D eigenvalue weighted by molar-refractivity contribution is 0.243. The van der Waals surface area contributed by atoms with Crippen LogP contribution < -0.4 is 10.0 Å². The molecule has 20 heavy (non-hydrogen) atoms. The topological polar surface area (TPSA) is 61.4 Å². The third-order valence-electron chi connectivity index (χ3n) is 3.55. The van der Waals surface area contributed by atoms with E-state index in [4.69, 9.17) is 0 Å². The van der Waals surface area contributed by atoms with Crippen LogP contribution in [0.2, 0.25) is 0 Å². The lowest BCUT2D eigenvalue weighted by Crippen LogP contribution is -2.52. The molecule has 1 aliphatic rings. The van der Waals surface area contributed by atoms with Crippen molar-refractivity contribution >= 4 is 21.5 Å². The van der Waals surface area contributed by atoms with Gasteiger partial charge >= 0.3 is 0 Å². The second-order valence-electron chi connectivity index (χ2n) is 5.03. The van der Waals surface area contributed by atoms with Gasteiger partial charge in [-0.05, 0) is 41.8 Å². The highest BCUT2D eigenvalue weighted by molar-refractivity contribution is 7.87. The van der Waals surface area contributed by atoms with Crippen molar-refractivity contribution in [3.05, 3.63) is 22.4 Å². The van der Waals surface area contributed by atoms with Gasteiger partial charge in [-0.1, -0.05) is 13.3 Å². The Balaban J connectivity index is 1.97. The molecule has 2 N–H and O–H groups in total. The highest BCUT2D eigenvalue weighted by Crippen LogP contribution is 2.19. The van der Waals surface area contributed by atoms with Crippen molar-refractivity contribution in [3.63, 3.8) is 0 Å². The quantitative estimate of drug-likeness (QED) is 0.802. The fourth-order valence-corrected chi connectivity index (χ4v) is 4.58. The van der Waals surface area contributed by atoms with Crippen LogP contribution in [0.25, 0.3) is 0 Å². The Bertz CT molecular complexity index is 488. The van der Waals surface area contributed by atoms with Gasteiger partial charge in [0.25, 0.3) is 10.2 Å². The second-order valence-corrected chi connectivity index (χ2v) is 7.51. The average Bonchev–Trinajstić information content (AvgIpc) is 2.97. The van der Waals surface area contributed by atoms with E-state index in [0.717, 1.165) is 37.9 Å². The molecule has 0 amide bonds. The third kappa shape index (κ3) is 4.26. The van der Waals surface area contributed by atoms with Crippen LogP contribution in [-0.4, -0.2) is 38.4 Å². The normalized spacial score (nSPS) is 21.1. The van der Waals surface area contributed by atoms with E-state index >= 15 is 0 Å². The minimum atomic E-state index is -3.39. The van der Waals surface area contributed by atoms with E-state index < -0.39 is 10.2 Å². The smallest absolute Gasteiger partial charge is 0.280 e. The van der Waals surface area contributed by atoms with Crippen LogP contribution in [0.4, 0.5) is 0 Å². The van der Waals surface area contributed by atoms with Gasteiger partial charge in [-0.2, -0.15) is 28.8 Å². The fourth-order valence-electron chi connectivity index (χ4n) is 2.46. The molecule has 5 nitrogen and oxygen atoms in total. The van der Waals surface area contributed by atoms with E-state index in [-0.39, 0.29) is 6.04 Å². The van der Waals surface area contributed by atoms with Gasteiger partial charge in [0.1, 0.15) is 0 Å². The fraction of sp³-hybridized carbons (Fsp3) is 0.692. The number of rotatable bonds is 7. The summed E-state index contributed by atoms with van der Waals surface area (Å²) >= 11 is 1.58. The third-order valence-corrected chi connectivity index (χ3v) is 5.89. The molecule has 1 fully saturated rings. The predicted molar refractivity (Wildman–Crippen MR) is 83.0 cm³/mol. The molecule has 2 rings (SSSR count). The van der Waals surface area contributed by atoms with Crippen molar-refractivity contribution in [1.82, 2.24) is 14.3 Å². The number of hydrogen-bond donors (Lipinski definition) is 2. The van der Waals surface area contributed by atoms with Crippen LogP contribution in [0, 0.1) is 0 Å². The summed E-state index contributed by atoms with van der Waals surface area (Å²) in [6.45, 7) is 4.63. The molecule has 0 aromatic carbocycles. The Hall–Kier alpha value is -0.470. The number of nitrogens with zero attached hydrogens (tertiary/aromatic N) is 1. The number of likely N-dealkylation sites (N-methyl/N-ethyl adjacent to an activating group) is 1. The van der Waals surface area contributed by atoms with Crippen LogP contribution >= 0.6 is 11.3 Å². The maximum atomic E-state index is 12.4. The molecular formula is C13H23N3O2S2. The summed E-state index contributed by atoms with van der Waals surface area (Å²) in [5.74, 6) is 0. The highest BCUT2D eigenvalue weighted by atomic mass is 32.2. The lowest BCUT2D eigenvalue weighted by atomic mass is 10.1. The summed E-state index contributed by atoms with van der Waals surface area (Å²) < 4.78 is 29.2. The van der Waals surface area contributed by atoms with Crippen LogP contribution in [0.15, 0.2) is 16.8 Å². The largest absolute Gasteiger partial charge is 0.315 e. The SMILES string of the molecule is CCNCC1CCCCN1S(=O)(=O)NCc1ccsc1. The van der Waals surface area contributed by atoms with Gasteiger partial charge in [-0.15, -0.1) is 0 Å². The lowest BCUT2D eigenvalue weighted by Gasteiger charge is -2.34. The molecule has 7 heteroatoms. The number of thiophene rings is 1. The molecular weight excluding hydrogens is 294 g/mol. The van der Waals surface area contributed by atoms with Crippen molar-refractivity contribution in [2.75, 3.05) is 19.6 Å². The van der Waals surface area contributed by atoms with Gasteiger partial charge in [-0.25, -0.2) is 0 Å². The van der Waals surface area contributed by atoms with E-state index in [1.165, 1.54) is 0 Å². The van der Waals surface area contributed by atoms with Crippen molar-refractivity contribution in [3.8, 4) is 0 Å². The first-order valence-corrected chi connectivity index (χ1v) is 9.50. The van der Waals surface area contributed by atoms with Gasteiger partial charge in [0, 0.05) is 25.7 Å². The molecule has 0 saturated carbocycles. The standard InChI is InChI=1S/C13H23N3O2S2/c1-2-14-10-13-5-3-4-7-16(13)20(17,18)15-9-12-6-8-19-11-12/h6,8,11,13-15H,2-5,7,9-10H2,1H3. The van der Waals surface area contributed by atoms with Crippen LogP contribution in [0.3, 0.4) is 0 Å². The molecule has 1 atom stereocenters. The summed E-state index contributed by atoms with van der Waals surface area (Å²) in [5, 5.41) is 7.18. The first-order valence-electron chi connectivity index (χ1n) is 7.11. The number of piperidine rings is 1. The zero-order chi connectivity index (χ0) is 14.4. The Morgan fingerprint density at radius 2 is 2.30 bits per heavy atom. The summed E-state index contributed by atoms with van der Waals surface area (Å²) in [4.78, 5) is 0. The maximum Gasteiger partial charge on any atom is 0.280 e. The molecule has 1 aliphatic heterocycles. The Kier molecular flexibility index (Phi) is 5.98. The van der Waals surface area contributed by atoms with Crippen molar-refractivity contribution in [1.29, 1.82) is 0 Å². The summed E-state index contributed by atoms with van der Waals surface area (Å²) in [7, 11) is -3.39. The summed E-state index contributed by atoms with van der Waals surface area (Å²) in [6.07, 6.45) is 2.99. The minimum absolute atomic E-state index is 0.0728. The highest BCUT2D eigenvalue weighted by Gasteiger charge is 2.31. The molecule has 1 saturated heterocycles. The van der Waals surface area contributed by atoms with Crippen LogP contribution in [0.1, 0.15) is 31.7 Å². The Morgan fingerprint density at radius 1 is 1.45 bits per heavy atom. The van der Waals surface area contributed by atoms with Gasteiger partial charge in [-0.3, -0.25) is 0 Å². The predicted octanol–water partition coefficient (Wildman–Crippen LogP) is 1.55. The molecule has 1 unspecified atom stereocenters. The molecule has 0 spiro atoms. The maximum absolute atomic E-state index is 12.4. The molecule has 0 aliphatic carbocycles. The van der Waals surface area contributed by atoms with E-state index in [9.17, 15) is 8.42 Å². The Morgan fingerprint density at radius 3 is 3.00 bits per heavy atom. The first kappa shape index (κ1) is 15.9. The van der Waals surface area contributed by atoms with Gasteiger partial charge < -0.3 is 5.32 Å². The molecule has 1 aromatic heterocycles. The molecule has 0 radical (unpaired) electrons. The second kappa shape index (κ2) is 7.51. The molecule has 2 heterocycles. The van der Waals surface area contributed by atoms with Gasteiger partial charge in [0.2, 0.25) is 0 Å². The minimum Gasteiger partial charge on any atom is -0.315 e. The summed E-state index contributed by atoms with van der Waals surface area (Å²) in [5.41, 5.74) is 1.01. The zero-order valence-corrected chi connectivity index (χ0v) is 13.5. The molecule has 1 aromatic rings. The average molecular weight is 317 g/mol. The number of hydrogen-bond acceptors (Lipinski definition) is 4. The van der Waals surface area contributed by atoms with Crippen LogP contribution in [0.5, 0.6) is 0 Å². The van der Waals surface area contributed by atoms with Crippen LogP contribution in [-0.2, 0) is 16.8 Å². The van der Waals surface area contributed by atoms with Crippen molar-refractivity contribution in [2.24, 2.45) is 0 Å². The van der Waals surface area contributed by atoms with Crippen molar-refractivity contribution in [2.45, 2.75) is 38.8 Å². The molecule has 0 bridgehead atoms. The van der Waals surface area contributed by atoms with E-state index in [2.05, 4.69) is 10.0 Å². The monoisotopic (exact) mass is 317 g/mol. The van der Waals surface area contributed by atoms with E-state index in [0.29, 0.717) is 13.1 Å². The Labute approximate surface area is 125 Å². The first-order chi connectivity index (χ1) is 9.63. The molecule has 114 valence electrons. The zero-order valence-electron chi connectivity index (χ0n) is 11.8. The van der Waals surface area contributed by atoms with E-state index in [1.807, 2.05) is 23.8 Å². The van der Waals surface area contributed by atoms with E-state index in [1.54, 1.807) is 15.6 Å². The summed E-state index contributed by atoms with van der Waals surface area (Å²) in [6, 6.07) is 2.02. The van der Waals surface area contributed by atoms with Crippen molar-refractivity contribution < 1.29 is 8.42 Å².